The van der Waals surface area contributed by atoms with Crippen LogP contribution in [0, 0.1) is 13.8 Å². The number of nitrogens with one attached hydrogen (secondary N) is 1. The molecule has 7 heteroatoms. The summed E-state index contributed by atoms with van der Waals surface area (Å²) in [5.74, 6) is -0.134. The minimum absolute atomic E-state index is 0.0859. The molecule has 4 rings (SSSR count). The largest absolute Gasteiger partial charge is 0.454 e. The van der Waals surface area contributed by atoms with Crippen molar-refractivity contribution in [3.05, 3.63) is 81.0 Å². The number of H-pyrrole nitrogens is 1. The number of thiophene rings is 1. The number of nitrogens with zero attached hydrogens (tertiary/aromatic N) is 2. The summed E-state index contributed by atoms with van der Waals surface area (Å²) in [5, 5.41) is 1.80. The Morgan fingerprint density at radius 2 is 1.81 bits per heavy atom. The number of benzene rings is 1. The molecule has 0 aliphatic heterocycles. The molecular weight excluding hydrogens is 362 g/mol. The van der Waals surface area contributed by atoms with Crippen LogP contribution in [0.3, 0.4) is 0 Å². The molecule has 6 nitrogen and oxygen atoms in total. The first-order valence-corrected chi connectivity index (χ1v) is 9.30. The van der Waals surface area contributed by atoms with E-state index < -0.39 is 5.97 Å². The molecule has 0 saturated heterocycles. The number of fused-ring (bicyclic) bond motifs is 1. The molecule has 1 N–H and O–H groups in total. The van der Waals surface area contributed by atoms with Crippen LogP contribution in [-0.4, -0.2) is 20.5 Å². The zero-order chi connectivity index (χ0) is 19.0. The van der Waals surface area contributed by atoms with Gasteiger partial charge >= 0.3 is 5.97 Å². The normalized spacial score (nSPS) is 11.0. The first kappa shape index (κ1) is 17.2. The van der Waals surface area contributed by atoms with Crippen molar-refractivity contribution in [2.24, 2.45) is 0 Å². The zero-order valence-electron chi connectivity index (χ0n) is 14.9. The maximum absolute atomic E-state index is 12.3. The van der Waals surface area contributed by atoms with E-state index in [2.05, 4.69) is 26.7 Å². The fourth-order valence-electron chi connectivity index (χ4n) is 3.03. The van der Waals surface area contributed by atoms with Gasteiger partial charge in [-0.15, -0.1) is 11.3 Å². The first-order chi connectivity index (χ1) is 13.0. The molecule has 136 valence electrons. The molecule has 1 aromatic carbocycles. The number of ether oxygens (including phenoxy) is 1. The number of rotatable bonds is 4. The summed E-state index contributed by atoms with van der Waals surface area (Å²) in [4.78, 5) is 31.2. The van der Waals surface area contributed by atoms with Crippen molar-refractivity contribution in [1.82, 2.24) is 14.5 Å². The number of carbonyl (C=O) groups excluding carboxylic acids is 1. The highest BCUT2D eigenvalue weighted by Gasteiger charge is 2.11. The van der Waals surface area contributed by atoms with E-state index in [9.17, 15) is 9.59 Å². The molecule has 0 amide bonds. The third kappa shape index (κ3) is 3.29. The van der Waals surface area contributed by atoms with Crippen molar-refractivity contribution in [2.75, 3.05) is 0 Å². The molecule has 0 fully saturated rings. The van der Waals surface area contributed by atoms with Gasteiger partial charge in [-0.05, 0) is 61.7 Å². The second-order valence-corrected chi connectivity index (χ2v) is 7.14. The van der Waals surface area contributed by atoms with Gasteiger partial charge in [0.15, 0.2) is 0 Å². The predicted molar refractivity (Wildman–Crippen MR) is 105 cm³/mol. The molecule has 3 heterocycles. The van der Waals surface area contributed by atoms with Gasteiger partial charge in [0.1, 0.15) is 17.1 Å². The van der Waals surface area contributed by atoms with Gasteiger partial charge in [-0.3, -0.25) is 4.79 Å². The monoisotopic (exact) mass is 379 g/mol. The second-order valence-electron chi connectivity index (χ2n) is 6.22. The minimum Gasteiger partial charge on any atom is -0.454 e. The van der Waals surface area contributed by atoms with Crippen LogP contribution < -0.4 is 5.56 Å². The van der Waals surface area contributed by atoms with Crippen LogP contribution in [0.15, 0.2) is 52.6 Å². The molecule has 27 heavy (non-hydrogen) atoms. The fraction of sp³-hybridized carbons (Fsp3) is 0.150. The summed E-state index contributed by atoms with van der Waals surface area (Å²) < 4.78 is 7.97. The Kier molecular flexibility index (Phi) is 4.37. The average molecular weight is 379 g/mol. The Morgan fingerprint density at radius 1 is 1.11 bits per heavy atom. The second kappa shape index (κ2) is 6.85. The van der Waals surface area contributed by atoms with Crippen molar-refractivity contribution < 1.29 is 9.53 Å². The first-order valence-electron chi connectivity index (χ1n) is 8.42. The highest BCUT2D eigenvalue weighted by atomic mass is 32.1. The average Bonchev–Trinajstić information content (AvgIpc) is 3.27. The van der Waals surface area contributed by atoms with Crippen molar-refractivity contribution in [1.29, 1.82) is 0 Å². The lowest BCUT2D eigenvalue weighted by atomic mass is 10.2. The maximum Gasteiger partial charge on any atom is 0.338 e. The molecule has 0 aliphatic rings. The molecule has 0 saturated carbocycles. The number of carbonyl (C=O) groups is 1. The van der Waals surface area contributed by atoms with E-state index in [0.29, 0.717) is 21.6 Å². The fourth-order valence-corrected chi connectivity index (χ4v) is 3.76. The number of esters is 1. The lowest BCUT2D eigenvalue weighted by Gasteiger charge is -2.10. The number of hydrogen-bond donors (Lipinski definition) is 1. The van der Waals surface area contributed by atoms with Gasteiger partial charge in [-0.1, -0.05) is 0 Å². The minimum atomic E-state index is -0.462. The standard InChI is InChI=1S/C20H17N3O3S/c1-12-3-4-13(2)23(12)15-7-5-14(6-8-15)20(25)26-11-17-21-16-9-10-27-18(16)19(24)22-17/h3-10H,11H2,1-2H3,(H,21,22,24). The zero-order valence-corrected chi connectivity index (χ0v) is 15.7. The maximum atomic E-state index is 12.3. The van der Waals surface area contributed by atoms with E-state index in [4.69, 9.17) is 4.74 Å². The molecule has 0 aliphatic carbocycles. The van der Waals surface area contributed by atoms with Gasteiger partial charge in [0.25, 0.3) is 5.56 Å². The van der Waals surface area contributed by atoms with Crippen LogP contribution in [0.2, 0.25) is 0 Å². The summed E-state index contributed by atoms with van der Waals surface area (Å²) in [6, 6.07) is 13.1. The van der Waals surface area contributed by atoms with Crippen LogP contribution in [0.25, 0.3) is 15.9 Å². The summed E-state index contributed by atoms with van der Waals surface area (Å²) in [6.07, 6.45) is 0. The number of aryl methyl sites for hydroxylation is 2. The lowest BCUT2D eigenvalue weighted by Crippen LogP contribution is -2.13. The van der Waals surface area contributed by atoms with Crippen LogP contribution in [0.1, 0.15) is 27.6 Å². The topological polar surface area (TPSA) is 77.0 Å². The van der Waals surface area contributed by atoms with Crippen LogP contribution in [0.5, 0.6) is 0 Å². The molecule has 0 unspecified atom stereocenters. The molecular formula is C20H17N3O3S. The van der Waals surface area contributed by atoms with Crippen molar-refractivity contribution in [3.63, 3.8) is 0 Å². The van der Waals surface area contributed by atoms with E-state index >= 15 is 0 Å². The van der Waals surface area contributed by atoms with E-state index in [-0.39, 0.29) is 12.2 Å². The predicted octanol–water partition coefficient (Wildman–Crippen LogP) is 3.75. The van der Waals surface area contributed by atoms with Crippen molar-refractivity contribution in [2.45, 2.75) is 20.5 Å². The summed E-state index contributed by atoms with van der Waals surface area (Å²) >= 11 is 1.33. The highest BCUT2D eigenvalue weighted by Crippen LogP contribution is 2.18. The number of aromatic amines is 1. The summed E-state index contributed by atoms with van der Waals surface area (Å²) in [5.41, 5.74) is 4.07. The Balaban J connectivity index is 1.49. The van der Waals surface area contributed by atoms with Crippen molar-refractivity contribution >= 4 is 27.5 Å². The van der Waals surface area contributed by atoms with Gasteiger partial charge in [-0.25, -0.2) is 9.78 Å². The number of aromatic nitrogens is 3. The van der Waals surface area contributed by atoms with Gasteiger partial charge in [0.2, 0.25) is 0 Å². The number of hydrogen-bond acceptors (Lipinski definition) is 5. The Hall–Kier alpha value is -3.19. The third-order valence-corrected chi connectivity index (χ3v) is 5.24. The lowest BCUT2D eigenvalue weighted by molar-refractivity contribution is 0.0462. The van der Waals surface area contributed by atoms with E-state index in [0.717, 1.165) is 17.1 Å². The Labute approximate surface area is 159 Å². The van der Waals surface area contributed by atoms with Crippen LogP contribution in [0.4, 0.5) is 0 Å². The van der Waals surface area contributed by atoms with Crippen molar-refractivity contribution in [3.8, 4) is 5.69 Å². The summed E-state index contributed by atoms with van der Waals surface area (Å²) in [6.45, 7) is 3.98. The molecule has 0 radical (unpaired) electrons. The smallest absolute Gasteiger partial charge is 0.338 e. The molecule has 0 atom stereocenters. The Bertz CT molecular complexity index is 1170. The highest BCUT2D eigenvalue weighted by molar-refractivity contribution is 7.17. The third-order valence-electron chi connectivity index (χ3n) is 4.34. The molecule has 3 aromatic heterocycles. The van der Waals surface area contributed by atoms with Crippen LogP contribution >= 0.6 is 11.3 Å². The molecule has 0 spiro atoms. The van der Waals surface area contributed by atoms with Gasteiger partial charge < -0.3 is 14.3 Å². The van der Waals surface area contributed by atoms with E-state index in [1.54, 1.807) is 23.6 Å². The van der Waals surface area contributed by atoms with Gasteiger partial charge in [0, 0.05) is 17.1 Å². The molecule has 4 aromatic rings. The SMILES string of the molecule is Cc1ccc(C)n1-c1ccc(C(=O)OCc2nc3ccsc3c(=O)[nH]2)cc1. The Morgan fingerprint density at radius 3 is 2.52 bits per heavy atom. The molecule has 0 bridgehead atoms. The van der Waals surface area contributed by atoms with Gasteiger partial charge in [0.05, 0.1) is 11.1 Å². The summed E-state index contributed by atoms with van der Waals surface area (Å²) in [7, 11) is 0. The van der Waals surface area contributed by atoms with E-state index in [1.807, 2.05) is 26.0 Å². The van der Waals surface area contributed by atoms with E-state index in [1.165, 1.54) is 11.3 Å². The van der Waals surface area contributed by atoms with Gasteiger partial charge in [-0.2, -0.15) is 0 Å². The quantitative estimate of drug-likeness (QED) is 0.548. The van der Waals surface area contributed by atoms with Crippen LogP contribution in [-0.2, 0) is 11.3 Å².